The third kappa shape index (κ3) is 6.92. The van der Waals surface area contributed by atoms with Gasteiger partial charge in [-0.3, -0.25) is 25.0 Å². The summed E-state index contributed by atoms with van der Waals surface area (Å²) in [4.78, 5) is 44.7. The van der Waals surface area contributed by atoms with E-state index in [0.717, 1.165) is 6.07 Å². The Hall–Kier alpha value is -3.74. The lowest BCUT2D eigenvalue weighted by Gasteiger charge is -2.19. The topological polar surface area (TPSA) is 163 Å². The van der Waals surface area contributed by atoms with Crippen LogP contribution in [0.4, 0.5) is 20.5 Å². The van der Waals surface area contributed by atoms with Crippen LogP contribution in [0.25, 0.3) is 0 Å². The molecule has 1 heterocycles. The maximum atomic E-state index is 12.6. The van der Waals surface area contributed by atoms with Gasteiger partial charge in [0, 0.05) is 0 Å². The summed E-state index contributed by atoms with van der Waals surface area (Å²) >= 11 is 0.479. The van der Waals surface area contributed by atoms with Gasteiger partial charge in [0.1, 0.15) is 24.0 Å². The molecule has 0 saturated heterocycles. The van der Waals surface area contributed by atoms with E-state index in [1.54, 1.807) is 32.9 Å². The number of nitro groups is 2. The molecule has 0 radical (unpaired) electrons. The van der Waals surface area contributed by atoms with Gasteiger partial charge in [-0.05, 0) is 44.2 Å². The standard InChI is InChI=1S/C18H20N4O8S/c1-18(2,3)30-17(24)19-8-9-29-13-7-5-4-6-11(13)15(23)20-16-12(21(25)26)10-14(31-16)22(27)28/h4-7,10H,8-9H2,1-3H3,(H,19,24)(H,20,23). The van der Waals surface area contributed by atoms with Gasteiger partial charge in [0.2, 0.25) is 0 Å². The Morgan fingerprint density at radius 1 is 1.13 bits per heavy atom. The van der Waals surface area contributed by atoms with Gasteiger partial charge in [-0.25, -0.2) is 4.79 Å². The Bertz CT molecular complexity index is 999. The fraction of sp³-hybridized carbons (Fsp3) is 0.333. The number of anilines is 1. The molecule has 0 aliphatic heterocycles. The zero-order valence-electron chi connectivity index (χ0n) is 16.9. The van der Waals surface area contributed by atoms with Gasteiger partial charge < -0.3 is 20.1 Å². The molecule has 12 nitrogen and oxygen atoms in total. The maximum Gasteiger partial charge on any atom is 0.407 e. The molecule has 2 N–H and O–H groups in total. The van der Waals surface area contributed by atoms with Crippen LogP contribution in [-0.4, -0.2) is 40.6 Å². The number of thiophene rings is 1. The molecule has 13 heteroatoms. The molecule has 0 aliphatic carbocycles. The second-order valence-electron chi connectivity index (χ2n) is 7.04. The number of benzene rings is 1. The number of ether oxygens (including phenoxy) is 2. The molecular weight excluding hydrogens is 432 g/mol. The minimum atomic E-state index is -0.816. The SMILES string of the molecule is CC(C)(C)OC(=O)NCCOc1ccccc1C(=O)Nc1sc([N+](=O)[O-])cc1[N+](=O)[O-]. The van der Waals surface area contributed by atoms with Crippen molar-refractivity contribution in [2.75, 3.05) is 18.5 Å². The van der Waals surface area contributed by atoms with Gasteiger partial charge in [0.15, 0.2) is 5.00 Å². The number of carbonyl (C=O) groups is 2. The highest BCUT2D eigenvalue weighted by Crippen LogP contribution is 2.39. The first kappa shape index (κ1) is 23.5. The van der Waals surface area contributed by atoms with Crippen LogP contribution in [0.2, 0.25) is 0 Å². The fourth-order valence-electron chi connectivity index (χ4n) is 2.26. The number of amides is 2. The highest BCUT2D eigenvalue weighted by molar-refractivity contribution is 7.20. The summed E-state index contributed by atoms with van der Waals surface area (Å²) in [6.07, 6.45) is -0.617. The van der Waals surface area contributed by atoms with Crippen molar-refractivity contribution in [2.45, 2.75) is 26.4 Å². The van der Waals surface area contributed by atoms with Crippen LogP contribution in [0.5, 0.6) is 5.75 Å². The average Bonchev–Trinajstić information content (AvgIpc) is 3.08. The Morgan fingerprint density at radius 3 is 2.42 bits per heavy atom. The number of nitrogens with one attached hydrogen (secondary N) is 2. The summed E-state index contributed by atoms with van der Waals surface area (Å²) in [7, 11) is 0. The third-order valence-corrected chi connectivity index (χ3v) is 4.45. The van der Waals surface area contributed by atoms with Crippen molar-refractivity contribution in [1.29, 1.82) is 0 Å². The average molecular weight is 452 g/mol. The van der Waals surface area contributed by atoms with Crippen molar-refractivity contribution in [2.24, 2.45) is 0 Å². The molecule has 0 bridgehead atoms. The molecule has 2 rings (SSSR count). The first-order valence-electron chi connectivity index (χ1n) is 8.90. The van der Waals surface area contributed by atoms with Crippen LogP contribution in [-0.2, 0) is 4.74 Å². The number of hydrogen-bond acceptors (Lipinski definition) is 9. The van der Waals surface area contributed by atoms with Crippen LogP contribution in [0.15, 0.2) is 30.3 Å². The second kappa shape index (κ2) is 9.84. The molecule has 1 aromatic carbocycles. The van der Waals surface area contributed by atoms with E-state index in [9.17, 15) is 29.8 Å². The first-order chi connectivity index (χ1) is 14.5. The van der Waals surface area contributed by atoms with Crippen LogP contribution in [0.3, 0.4) is 0 Å². The first-order valence-corrected chi connectivity index (χ1v) is 9.72. The summed E-state index contributed by atoms with van der Waals surface area (Å²) < 4.78 is 10.6. The lowest BCUT2D eigenvalue weighted by atomic mass is 10.2. The molecule has 166 valence electrons. The Labute approximate surface area is 180 Å². The lowest BCUT2D eigenvalue weighted by molar-refractivity contribution is -0.389. The molecule has 1 aromatic heterocycles. The number of rotatable bonds is 8. The van der Waals surface area contributed by atoms with E-state index in [0.29, 0.717) is 11.3 Å². The molecule has 2 aromatic rings. The van der Waals surface area contributed by atoms with Gasteiger partial charge in [-0.15, -0.1) is 0 Å². The number of nitrogens with zero attached hydrogens (tertiary/aromatic N) is 2. The van der Waals surface area contributed by atoms with E-state index in [1.165, 1.54) is 12.1 Å². The lowest BCUT2D eigenvalue weighted by Crippen LogP contribution is -2.34. The largest absolute Gasteiger partial charge is 0.491 e. The summed E-state index contributed by atoms with van der Waals surface area (Å²) in [5.74, 6) is -0.574. The highest BCUT2D eigenvalue weighted by atomic mass is 32.1. The molecule has 31 heavy (non-hydrogen) atoms. The summed E-state index contributed by atoms with van der Waals surface area (Å²) in [5, 5.41) is 26.1. The number of carbonyl (C=O) groups excluding carboxylic acids is 2. The predicted molar refractivity (Wildman–Crippen MR) is 112 cm³/mol. The van der Waals surface area contributed by atoms with Crippen molar-refractivity contribution in [1.82, 2.24) is 5.32 Å². The highest BCUT2D eigenvalue weighted by Gasteiger charge is 2.27. The van der Waals surface area contributed by atoms with Gasteiger partial charge in [0.25, 0.3) is 5.91 Å². The summed E-state index contributed by atoms with van der Waals surface area (Å²) in [5.41, 5.74) is -1.16. The van der Waals surface area contributed by atoms with E-state index in [4.69, 9.17) is 9.47 Å². The van der Waals surface area contributed by atoms with E-state index in [-0.39, 0.29) is 29.5 Å². The third-order valence-electron chi connectivity index (χ3n) is 3.46. The maximum absolute atomic E-state index is 12.6. The minimum Gasteiger partial charge on any atom is -0.491 e. The Balaban J connectivity index is 2.05. The van der Waals surface area contributed by atoms with Crippen LogP contribution < -0.4 is 15.4 Å². The van der Waals surface area contributed by atoms with Gasteiger partial charge in [-0.1, -0.05) is 12.1 Å². The van der Waals surface area contributed by atoms with Crippen molar-refractivity contribution >= 4 is 39.0 Å². The normalized spacial score (nSPS) is 10.8. The quantitative estimate of drug-likeness (QED) is 0.348. The molecule has 0 unspecified atom stereocenters. The fourth-order valence-corrected chi connectivity index (χ4v) is 3.10. The Kier molecular flexibility index (Phi) is 7.47. The molecule has 0 spiro atoms. The van der Waals surface area contributed by atoms with E-state index in [2.05, 4.69) is 10.6 Å². The smallest absolute Gasteiger partial charge is 0.407 e. The number of alkyl carbamates (subject to hydrolysis) is 1. The van der Waals surface area contributed by atoms with Gasteiger partial charge in [0.05, 0.1) is 22.0 Å². The molecule has 0 aliphatic rings. The van der Waals surface area contributed by atoms with E-state index < -0.39 is 38.1 Å². The monoisotopic (exact) mass is 452 g/mol. The van der Waals surface area contributed by atoms with Crippen LogP contribution >= 0.6 is 11.3 Å². The summed E-state index contributed by atoms with van der Waals surface area (Å²) in [6.45, 7) is 5.31. The van der Waals surface area contributed by atoms with Crippen LogP contribution in [0, 0.1) is 20.2 Å². The Morgan fingerprint density at radius 2 is 1.81 bits per heavy atom. The van der Waals surface area contributed by atoms with E-state index in [1.807, 2.05) is 0 Å². The number of hydrogen-bond donors (Lipinski definition) is 2. The van der Waals surface area contributed by atoms with Gasteiger partial charge in [-0.2, -0.15) is 0 Å². The van der Waals surface area contributed by atoms with Crippen molar-refractivity contribution < 1.29 is 28.9 Å². The van der Waals surface area contributed by atoms with E-state index >= 15 is 0 Å². The summed E-state index contributed by atoms with van der Waals surface area (Å²) in [6, 6.07) is 6.90. The zero-order valence-corrected chi connectivity index (χ0v) is 17.7. The van der Waals surface area contributed by atoms with Crippen molar-refractivity contribution in [3.63, 3.8) is 0 Å². The van der Waals surface area contributed by atoms with Crippen molar-refractivity contribution in [3.8, 4) is 5.75 Å². The van der Waals surface area contributed by atoms with Gasteiger partial charge >= 0.3 is 16.8 Å². The second-order valence-corrected chi connectivity index (χ2v) is 8.07. The minimum absolute atomic E-state index is 0.0220. The zero-order chi connectivity index (χ0) is 23.2. The molecule has 0 atom stereocenters. The molecule has 2 amide bonds. The van der Waals surface area contributed by atoms with Crippen molar-refractivity contribution in [3.05, 3.63) is 56.1 Å². The molecule has 0 fully saturated rings. The predicted octanol–water partition coefficient (Wildman–Crippen LogP) is 3.72. The molecular formula is C18H20N4O8S. The number of para-hydroxylation sites is 1. The van der Waals surface area contributed by atoms with Crippen LogP contribution in [0.1, 0.15) is 31.1 Å². The molecule has 0 saturated carbocycles.